The molecule has 0 radical (unpaired) electrons. The third-order valence-corrected chi connectivity index (χ3v) is 3.57. The number of rotatable bonds is 2. The lowest BCUT2D eigenvalue weighted by Gasteiger charge is -2.27. The van der Waals surface area contributed by atoms with Crippen LogP contribution in [0.1, 0.15) is 35.8 Å². The van der Waals surface area contributed by atoms with Crippen LogP contribution in [0.2, 0.25) is 0 Å². The van der Waals surface area contributed by atoms with Crippen molar-refractivity contribution in [3.63, 3.8) is 0 Å². The number of hydrogen-bond acceptors (Lipinski definition) is 1. The van der Waals surface area contributed by atoms with Gasteiger partial charge in [-0.1, -0.05) is 12.1 Å². The molecule has 16 heavy (non-hydrogen) atoms. The van der Waals surface area contributed by atoms with E-state index in [9.17, 15) is 4.39 Å². The second-order valence-corrected chi connectivity index (χ2v) is 4.79. The van der Waals surface area contributed by atoms with Crippen molar-refractivity contribution >= 4 is 11.6 Å². The summed E-state index contributed by atoms with van der Waals surface area (Å²) in [6.45, 7) is 2.54. The average Bonchev–Trinajstić information content (AvgIpc) is 2.33. The molecule has 1 aromatic carbocycles. The molecule has 3 heteroatoms. The van der Waals surface area contributed by atoms with Gasteiger partial charge in [-0.05, 0) is 43.4 Å². The number of halogens is 2. The third-order valence-electron chi connectivity index (χ3n) is 3.04. The molecular weight excluding hydrogens is 227 g/mol. The first-order chi connectivity index (χ1) is 7.68. The van der Waals surface area contributed by atoms with E-state index < -0.39 is 0 Å². The quantitative estimate of drug-likeness (QED) is 0.713. The van der Waals surface area contributed by atoms with Gasteiger partial charge in [0.25, 0.3) is 0 Å². The Balaban J connectivity index is 2.12. The fraction of sp³-hybridized carbons (Fsp3) is 0.538. The molecule has 1 fully saturated rings. The van der Waals surface area contributed by atoms with Crippen LogP contribution >= 0.6 is 11.6 Å². The number of alkyl halides is 1. The highest BCUT2D eigenvalue weighted by Crippen LogP contribution is 2.32. The lowest BCUT2D eigenvalue weighted by atomic mass is 9.99. The minimum atomic E-state index is -0.183. The molecule has 2 rings (SSSR count). The Labute approximate surface area is 101 Å². The maximum Gasteiger partial charge on any atom is 0.126 e. The fourth-order valence-corrected chi connectivity index (χ4v) is 2.38. The summed E-state index contributed by atoms with van der Waals surface area (Å²) in [4.78, 5) is 0. The second kappa shape index (κ2) is 5.15. The summed E-state index contributed by atoms with van der Waals surface area (Å²) in [6, 6.07) is 5.03. The zero-order valence-corrected chi connectivity index (χ0v) is 10.1. The molecule has 88 valence electrons. The van der Waals surface area contributed by atoms with Gasteiger partial charge >= 0.3 is 0 Å². The summed E-state index contributed by atoms with van der Waals surface area (Å²) in [5.74, 6) is -0.183. The van der Waals surface area contributed by atoms with E-state index in [1.54, 1.807) is 13.0 Å². The highest BCUT2D eigenvalue weighted by atomic mass is 35.5. The van der Waals surface area contributed by atoms with Crippen molar-refractivity contribution in [3.05, 3.63) is 35.1 Å². The molecule has 1 nitrogen and oxygen atoms in total. The lowest BCUT2D eigenvalue weighted by molar-refractivity contribution is 0.0135. The molecule has 0 aliphatic carbocycles. The molecule has 1 saturated heterocycles. The van der Waals surface area contributed by atoms with Crippen molar-refractivity contribution in [2.45, 2.75) is 37.7 Å². The van der Waals surface area contributed by atoms with Gasteiger partial charge in [-0.25, -0.2) is 4.39 Å². The molecule has 0 bridgehead atoms. The SMILES string of the molecule is Cc1cc(C(Cl)C2CCCCO2)ccc1F. The maximum absolute atomic E-state index is 13.1. The Morgan fingerprint density at radius 3 is 2.88 bits per heavy atom. The number of ether oxygens (including phenoxy) is 1. The normalized spacial score (nSPS) is 23.1. The van der Waals surface area contributed by atoms with Gasteiger partial charge in [0.05, 0.1) is 11.5 Å². The molecule has 0 spiro atoms. The highest BCUT2D eigenvalue weighted by molar-refractivity contribution is 6.21. The summed E-state index contributed by atoms with van der Waals surface area (Å²) in [5, 5.41) is -0.167. The summed E-state index contributed by atoms with van der Waals surface area (Å²) in [7, 11) is 0. The summed E-state index contributed by atoms with van der Waals surface area (Å²) < 4.78 is 18.8. The molecule has 1 aromatic rings. The van der Waals surface area contributed by atoms with Gasteiger partial charge in [0.15, 0.2) is 0 Å². The Hall–Kier alpha value is -0.600. The Morgan fingerprint density at radius 1 is 1.44 bits per heavy atom. The van der Waals surface area contributed by atoms with Crippen molar-refractivity contribution < 1.29 is 9.13 Å². The molecule has 1 aliphatic rings. The van der Waals surface area contributed by atoms with Gasteiger partial charge in [-0.15, -0.1) is 11.6 Å². The van der Waals surface area contributed by atoms with Crippen LogP contribution in [0.3, 0.4) is 0 Å². The van der Waals surface area contributed by atoms with Crippen LogP contribution in [0.4, 0.5) is 4.39 Å². The predicted molar refractivity (Wildman–Crippen MR) is 63.3 cm³/mol. The van der Waals surface area contributed by atoms with Crippen LogP contribution in [-0.2, 0) is 4.74 Å². The van der Waals surface area contributed by atoms with Crippen molar-refractivity contribution in [3.8, 4) is 0 Å². The monoisotopic (exact) mass is 242 g/mol. The van der Waals surface area contributed by atoms with Gasteiger partial charge in [-0.3, -0.25) is 0 Å². The first-order valence-electron chi connectivity index (χ1n) is 5.70. The van der Waals surface area contributed by atoms with Gasteiger partial charge < -0.3 is 4.74 Å². The number of aryl methyl sites for hydroxylation is 1. The zero-order valence-electron chi connectivity index (χ0n) is 9.38. The molecule has 2 unspecified atom stereocenters. The molecular formula is C13H16ClFO. The molecule has 0 aromatic heterocycles. The van der Waals surface area contributed by atoms with Crippen LogP contribution in [-0.4, -0.2) is 12.7 Å². The van der Waals surface area contributed by atoms with Crippen molar-refractivity contribution in [2.24, 2.45) is 0 Å². The van der Waals surface area contributed by atoms with E-state index in [1.807, 2.05) is 6.07 Å². The fourth-order valence-electron chi connectivity index (χ4n) is 2.05. The molecule has 0 amide bonds. The predicted octanol–water partition coefficient (Wildman–Crippen LogP) is 3.98. The summed E-state index contributed by atoms with van der Waals surface area (Å²) >= 11 is 6.36. The summed E-state index contributed by atoms with van der Waals surface area (Å²) in [5.41, 5.74) is 1.59. The zero-order chi connectivity index (χ0) is 11.5. The van der Waals surface area contributed by atoms with Gasteiger partial charge in [-0.2, -0.15) is 0 Å². The lowest BCUT2D eigenvalue weighted by Crippen LogP contribution is -2.23. The van der Waals surface area contributed by atoms with Crippen LogP contribution in [0.15, 0.2) is 18.2 Å². The van der Waals surface area contributed by atoms with E-state index in [0.717, 1.165) is 31.4 Å². The molecule has 2 atom stereocenters. The molecule has 0 N–H and O–H groups in total. The van der Waals surface area contributed by atoms with Crippen LogP contribution < -0.4 is 0 Å². The smallest absolute Gasteiger partial charge is 0.126 e. The van der Waals surface area contributed by atoms with Crippen LogP contribution in [0.5, 0.6) is 0 Å². The average molecular weight is 243 g/mol. The molecule has 1 heterocycles. The van der Waals surface area contributed by atoms with Crippen molar-refractivity contribution in [1.82, 2.24) is 0 Å². The topological polar surface area (TPSA) is 9.23 Å². The van der Waals surface area contributed by atoms with Crippen LogP contribution in [0.25, 0.3) is 0 Å². The Kier molecular flexibility index (Phi) is 3.82. The second-order valence-electron chi connectivity index (χ2n) is 4.32. The number of hydrogen-bond donors (Lipinski definition) is 0. The van der Waals surface area contributed by atoms with Gasteiger partial charge in [0.2, 0.25) is 0 Å². The highest BCUT2D eigenvalue weighted by Gasteiger charge is 2.24. The van der Waals surface area contributed by atoms with E-state index in [0.29, 0.717) is 5.56 Å². The minimum Gasteiger partial charge on any atom is -0.376 e. The van der Waals surface area contributed by atoms with Gasteiger partial charge in [0.1, 0.15) is 5.82 Å². The third kappa shape index (κ3) is 2.55. The van der Waals surface area contributed by atoms with Crippen molar-refractivity contribution in [1.29, 1.82) is 0 Å². The van der Waals surface area contributed by atoms with Gasteiger partial charge in [0, 0.05) is 6.61 Å². The standard InChI is InChI=1S/C13H16ClFO/c1-9-8-10(5-6-11(9)15)13(14)12-4-2-3-7-16-12/h5-6,8,12-13H,2-4,7H2,1H3. The molecule has 1 aliphatic heterocycles. The van der Waals surface area contributed by atoms with E-state index in [4.69, 9.17) is 16.3 Å². The van der Waals surface area contributed by atoms with Crippen molar-refractivity contribution in [2.75, 3.05) is 6.61 Å². The largest absolute Gasteiger partial charge is 0.376 e. The minimum absolute atomic E-state index is 0.0697. The maximum atomic E-state index is 13.1. The van der Waals surface area contributed by atoms with E-state index in [1.165, 1.54) is 6.07 Å². The van der Waals surface area contributed by atoms with Crippen LogP contribution in [0, 0.1) is 12.7 Å². The Bertz CT molecular complexity index is 361. The van der Waals surface area contributed by atoms with E-state index in [2.05, 4.69) is 0 Å². The number of benzene rings is 1. The summed E-state index contributed by atoms with van der Waals surface area (Å²) in [6.07, 6.45) is 3.33. The molecule has 0 saturated carbocycles. The Morgan fingerprint density at radius 2 is 2.25 bits per heavy atom. The first kappa shape index (κ1) is 11.9. The van der Waals surface area contributed by atoms with E-state index >= 15 is 0 Å². The first-order valence-corrected chi connectivity index (χ1v) is 6.14. The van der Waals surface area contributed by atoms with E-state index in [-0.39, 0.29) is 17.3 Å².